The van der Waals surface area contributed by atoms with Crippen LogP contribution in [0.15, 0.2) is 35.7 Å². The number of nitrogen functional groups attached to an aromatic ring is 1. The van der Waals surface area contributed by atoms with Gasteiger partial charge in [-0.1, -0.05) is 19.9 Å². The largest absolute Gasteiger partial charge is 0.398 e. The van der Waals surface area contributed by atoms with Crippen LogP contribution in [0.4, 0.5) is 10.1 Å². The number of anilines is 1. The van der Waals surface area contributed by atoms with Gasteiger partial charge < -0.3 is 15.7 Å². The van der Waals surface area contributed by atoms with E-state index in [4.69, 9.17) is 11.1 Å². The van der Waals surface area contributed by atoms with Crippen molar-refractivity contribution in [1.82, 2.24) is 4.57 Å². The minimum absolute atomic E-state index is 0.0836. The zero-order valence-electron chi connectivity index (χ0n) is 14.7. The molecule has 0 fully saturated rings. The van der Waals surface area contributed by atoms with Crippen LogP contribution < -0.4 is 5.73 Å². The summed E-state index contributed by atoms with van der Waals surface area (Å²) in [6, 6.07) is 4.03. The Morgan fingerprint density at radius 3 is 2.62 bits per heavy atom. The Labute approximate surface area is 142 Å². The molecule has 2 aromatic rings. The summed E-state index contributed by atoms with van der Waals surface area (Å²) in [5.41, 5.74) is 11.6. The quantitative estimate of drug-likeness (QED) is 0.576. The molecule has 0 saturated carbocycles. The summed E-state index contributed by atoms with van der Waals surface area (Å²) in [6.45, 7) is 8.28. The predicted octanol–water partition coefficient (Wildman–Crippen LogP) is 5.40. The average Bonchev–Trinajstić information content (AvgIpc) is 2.82. The fourth-order valence-corrected chi connectivity index (χ4v) is 3.76. The Kier molecular flexibility index (Phi) is 4.08. The molecule has 0 saturated heterocycles. The SMILES string of the molecule is CC1=CC(n2c(C(C)C)c(C)c3cc(N)c(C=N)cc32)CC=C1F. The zero-order chi connectivity index (χ0) is 17.6. The molecule has 1 aliphatic rings. The lowest BCUT2D eigenvalue weighted by molar-refractivity contribution is 0.550. The van der Waals surface area contributed by atoms with E-state index < -0.39 is 0 Å². The second-order valence-electron chi connectivity index (χ2n) is 6.88. The number of hydrogen-bond acceptors (Lipinski definition) is 2. The van der Waals surface area contributed by atoms with Gasteiger partial charge in [-0.3, -0.25) is 0 Å². The van der Waals surface area contributed by atoms with E-state index in [0.29, 0.717) is 23.6 Å². The van der Waals surface area contributed by atoms with Crippen molar-refractivity contribution in [2.45, 2.75) is 46.1 Å². The highest BCUT2D eigenvalue weighted by atomic mass is 19.1. The second-order valence-corrected chi connectivity index (χ2v) is 6.88. The molecule has 3 N–H and O–H groups in total. The van der Waals surface area contributed by atoms with Crippen LogP contribution in [-0.2, 0) is 0 Å². The van der Waals surface area contributed by atoms with E-state index in [-0.39, 0.29) is 11.9 Å². The minimum atomic E-state index is -0.130. The molecule has 1 aromatic heterocycles. The number of halogens is 1. The smallest absolute Gasteiger partial charge is 0.121 e. The number of allylic oxidation sites excluding steroid dienone is 4. The van der Waals surface area contributed by atoms with Crippen LogP contribution in [0.5, 0.6) is 0 Å². The Bertz CT molecular complexity index is 884. The molecule has 0 amide bonds. The van der Waals surface area contributed by atoms with Crippen molar-refractivity contribution in [2.75, 3.05) is 5.73 Å². The topological polar surface area (TPSA) is 54.8 Å². The van der Waals surface area contributed by atoms with Gasteiger partial charge in [0, 0.05) is 34.1 Å². The molecule has 0 aliphatic heterocycles. The summed E-state index contributed by atoms with van der Waals surface area (Å²) in [6.07, 6.45) is 5.59. The van der Waals surface area contributed by atoms with Gasteiger partial charge in [0.1, 0.15) is 5.83 Å². The number of benzene rings is 1. The van der Waals surface area contributed by atoms with Crippen LogP contribution >= 0.6 is 0 Å². The van der Waals surface area contributed by atoms with Gasteiger partial charge in [0.05, 0.1) is 6.04 Å². The van der Waals surface area contributed by atoms with Gasteiger partial charge in [-0.2, -0.15) is 0 Å². The molecule has 1 atom stereocenters. The summed E-state index contributed by atoms with van der Waals surface area (Å²) in [5, 5.41) is 8.71. The third-order valence-corrected chi connectivity index (χ3v) is 4.90. The summed E-state index contributed by atoms with van der Waals surface area (Å²) < 4.78 is 16.1. The first-order chi connectivity index (χ1) is 11.3. The van der Waals surface area contributed by atoms with Crippen LogP contribution in [-0.4, -0.2) is 10.8 Å². The number of aryl methyl sites for hydroxylation is 1. The van der Waals surface area contributed by atoms with Crippen LogP contribution in [0.3, 0.4) is 0 Å². The van der Waals surface area contributed by atoms with Crippen molar-refractivity contribution in [3.8, 4) is 0 Å². The first kappa shape index (κ1) is 16.5. The second kappa shape index (κ2) is 5.93. The minimum Gasteiger partial charge on any atom is -0.398 e. The fraction of sp³-hybridized carbons (Fsp3) is 0.350. The third kappa shape index (κ3) is 2.46. The zero-order valence-corrected chi connectivity index (χ0v) is 14.7. The number of rotatable bonds is 3. The van der Waals surface area contributed by atoms with Gasteiger partial charge in [-0.25, -0.2) is 4.39 Å². The van der Waals surface area contributed by atoms with E-state index in [2.05, 4.69) is 25.3 Å². The number of nitrogens with two attached hydrogens (primary N) is 1. The highest BCUT2D eigenvalue weighted by Crippen LogP contribution is 2.38. The molecular formula is C20H24FN3. The summed E-state index contributed by atoms with van der Waals surface area (Å²) in [7, 11) is 0. The summed E-state index contributed by atoms with van der Waals surface area (Å²) in [4.78, 5) is 0. The highest BCUT2D eigenvalue weighted by molar-refractivity contribution is 5.97. The maximum atomic E-state index is 13.8. The molecule has 0 radical (unpaired) electrons. The van der Waals surface area contributed by atoms with Crippen molar-refractivity contribution < 1.29 is 4.39 Å². The van der Waals surface area contributed by atoms with Crippen molar-refractivity contribution in [1.29, 1.82) is 5.41 Å². The van der Waals surface area contributed by atoms with Crippen molar-refractivity contribution in [2.24, 2.45) is 0 Å². The summed E-state index contributed by atoms with van der Waals surface area (Å²) >= 11 is 0. The lowest BCUT2D eigenvalue weighted by Gasteiger charge is -2.24. The molecule has 1 unspecified atom stereocenters. The number of hydrogen-bond donors (Lipinski definition) is 2. The van der Waals surface area contributed by atoms with Gasteiger partial charge in [-0.05, 0) is 55.5 Å². The van der Waals surface area contributed by atoms with Gasteiger partial charge >= 0.3 is 0 Å². The Morgan fingerprint density at radius 1 is 1.33 bits per heavy atom. The molecule has 1 heterocycles. The third-order valence-electron chi connectivity index (χ3n) is 4.90. The van der Waals surface area contributed by atoms with E-state index in [0.717, 1.165) is 16.5 Å². The average molecular weight is 325 g/mol. The Morgan fingerprint density at radius 2 is 2.04 bits per heavy atom. The maximum Gasteiger partial charge on any atom is 0.121 e. The lowest BCUT2D eigenvalue weighted by Crippen LogP contribution is -2.13. The van der Waals surface area contributed by atoms with Gasteiger partial charge in [0.15, 0.2) is 0 Å². The highest BCUT2D eigenvalue weighted by Gasteiger charge is 2.24. The molecular weight excluding hydrogens is 301 g/mol. The van der Waals surface area contributed by atoms with E-state index in [1.54, 1.807) is 6.08 Å². The number of fused-ring (bicyclic) bond motifs is 1. The van der Waals surface area contributed by atoms with Crippen LogP contribution in [0.25, 0.3) is 10.9 Å². The number of nitrogens with zero attached hydrogens (tertiary/aromatic N) is 1. The molecule has 3 rings (SSSR count). The first-order valence-electron chi connectivity index (χ1n) is 8.34. The molecule has 24 heavy (non-hydrogen) atoms. The van der Waals surface area contributed by atoms with Crippen molar-refractivity contribution in [3.63, 3.8) is 0 Å². The van der Waals surface area contributed by atoms with E-state index in [9.17, 15) is 4.39 Å². The maximum absolute atomic E-state index is 13.8. The van der Waals surface area contributed by atoms with Gasteiger partial charge in [0.2, 0.25) is 0 Å². The normalized spacial score (nSPS) is 18.0. The Hall–Kier alpha value is -2.36. The molecule has 0 spiro atoms. The fourth-order valence-electron chi connectivity index (χ4n) is 3.76. The monoisotopic (exact) mass is 325 g/mol. The number of nitrogens with one attached hydrogen (secondary N) is 1. The van der Waals surface area contributed by atoms with Crippen molar-refractivity contribution in [3.05, 3.63) is 52.5 Å². The molecule has 4 heteroatoms. The molecule has 126 valence electrons. The van der Waals surface area contributed by atoms with Gasteiger partial charge in [-0.15, -0.1) is 0 Å². The molecule has 3 nitrogen and oxygen atoms in total. The first-order valence-corrected chi connectivity index (χ1v) is 8.34. The van der Waals surface area contributed by atoms with E-state index >= 15 is 0 Å². The molecule has 1 aliphatic carbocycles. The molecule has 0 bridgehead atoms. The molecule has 1 aromatic carbocycles. The van der Waals surface area contributed by atoms with Gasteiger partial charge in [0.25, 0.3) is 0 Å². The predicted molar refractivity (Wildman–Crippen MR) is 99.7 cm³/mol. The van der Waals surface area contributed by atoms with Crippen LogP contribution in [0, 0.1) is 12.3 Å². The van der Waals surface area contributed by atoms with E-state index in [1.807, 2.05) is 25.1 Å². The number of aromatic nitrogens is 1. The van der Waals surface area contributed by atoms with Crippen LogP contribution in [0.2, 0.25) is 0 Å². The van der Waals surface area contributed by atoms with Crippen LogP contribution in [0.1, 0.15) is 56.0 Å². The van der Waals surface area contributed by atoms with Crippen molar-refractivity contribution >= 4 is 22.8 Å². The Balaban J connectivity index is 2.33. The standard InChI is InChI=1S/C20H24FN3/c1-11(2)20-13(4)16-9-18(23)14(10-22)8-19(16)24(20)15-5-6-17(21)12(3)7-15/h6-11,15,22H,5,23H2,1-4H3. The lowest BCUT2D eigenvalue weighted by atomic mass is 10.0. The summed E-state index contributed by atoms with van der Waals surface area (Å²) in [5.74, 6) is 0.210. The van der Waals surface area contributed by atoms with E-state index in [1.165, 1.54) is 17.5 Å².